The van der Waals surface area contributed by atoms with E-state index in [4.69, 9.17) is 32.1 Å². The number of halogens is 3. The van der Waals surface area contributed by atoms with E-state index in [9.17, 15) is 13.2 Å². The molecule has 0 aliphatic carbocycles. The van der Waals surface area contributed by atoms with E-state index in [0.717, 1.165) is 5.56 Å². The SMILES string of the molecule is CCOc1cc(C=NNC(=O)c2ccc(Cl)cc2Cl)cc(Br)c1OS(=O)(=O)c1ccc(C)cc1. The Balaban J connectivity index is 1.82. The molecule has 3 rings (SSSR count). The molecule has 0 aliphatic heterocycles. The molecular formula is C23H19BrCl2N2O5S. The topological polar surface area (TPSA) is 94.1 Å². The van der Waals surface area contributed by atoms with E-state index in [1.165, 1.54) is 30.5 Å². The Bertz CT molecular complexity index is 1350. The summed E-state index contributed by atoms with van der Waals surface area (Å²) in [5.41, 5.74) is 4.02. The highest BCUT2D eigenvalue weighted by Gasteiger charge is 2.22. The highest BCUT2D eigenvalue weighted by atomic mass is 79.9. The molecule has 0 aromatic heterocycles. The molecule has 0 saturated carbocycles. The molecule has 1 N–H and O–H groups in total. The Labute approximate surface area is 215 Å². The van der Waals surface area contributed by atoms with Crippen LogP contribution >= 0.6 is 39.1 Å². The first-order chi connectivity index (χ1) is 16.1. The molecule has 0 bridgehead atoms. The molecule has 178 valence electrons. The minimum Gasteiger partial charge on any atom is -0.490 e. The summed E-state index contributed by atoms with van der Waals surface area (Å²) in [7, 11) is -4.09. The number of carbonyl (C=O) groups excluding carboxylic acids is 1. The number of hydrazone groups is 1. The first kappa shape index (κ1) is 26.0. The Kier molecular flexibility index (Phi) is 8.59. The van der Waals surface area contributed by atoms with Crippen molar-refractivity contribution in [3.8, 4) is 11.5 Å². The molecule has 34 heavy (non-hydrogen) atoms. The van der Waals surface area contributed by atoms with Crippen LogP contribution in [0.3, 0.4) is 0 Å². The molecule has 3 aromatic carbocycles. The van der Waals surface area contributed by atoms with Crippen LogP contribution < -0.4 is 14.3 Å². The predicted octanol–water partition coefficient (Wildman–Crippen LogP) is 5.99. The van der Waals surface area contributed by atoms with Gasteiger partial charge in [-0.3, -0.25) is 4.79 Å². The number of hydrogen-bond donors (Lipinski definition) is 1. The van der Waals surface area contributed by atoms with Crippen molar-refractivity contribution in [2.24, 2.45) is 5.10 Å². The van der Waals surface area contributed by atoms with Gasteiger partial charge in [0.2, 0.25) is 0 Å². The maximum atomic E-state index is 12.7. The van der Waals surface area contributed by atoms with Crippen LogP contribution in [0.5, 0.6) is 11.5 Å². The third kappa shape index (κ3) is 6.50. The van der Waals surface area contributed by atoms with Gasteiger partial charge in [-0.25, -0.2) is 5.43 Å². The van der Waals surface area contributed by atoms with Crippen LogP contribution in [0.15, 0.2) is 69.1 Å². The number of rotatable bonds is 8. The van der Waals surface area contributed by atoms with E-state index in [2.05, 4.69) is 26.5 Å². The minimum absolute atomic E-state index is 0.00319. The van der Waals surface area contributed by atoms with Crippen molar-refractivity contribution in [1.29, 1.82) is 0 Å². The van der Waals surface area contributed by atoms with Crippen LogP contribution in [-0.4, -0.2) is 27.1 Å². The number of benzene rings is 3. The summed E-state index contributed by atoms with van der Waals surface area (Å²) in [6, 6.07) is 13.9. The summed E-state index contributed by atoms with van der Waals surface area (Å²) in [6.45, 7) is 3.87. The molecule has 0 aliphatic rings. The fraction of sp³-hybridized carbons (Fsp3) is 0.130. The van der Waals surface area contributed by atoms with Gasteiger partial charge in [0.05, 0.1) is 27.9 Å². The third-order valence-corrected chi connectivity index (χ3v) is 6.76. The molecule has 0 atom stereocenters. The second kappa shape index (κ2) is 11.2. The van der Waals surface area contributed by atoms with Crippen molar-refractivity contribution in [3.63, 3.8) is 0 Å². The van der Waals surface area contributed by atoms with Crippen molar-refractivity contribution in [2.45, 2.75) is 18.7 Å². The average Bonchev–Trinajstić information content (AvgIpc) is 2.76. The molecule has 0 spiro atoms. The van der Waals surface area contributed by atoms with Gasteiger partial charge in [0.25, 0.3) is 5.91 Å². The maximum Gasteiger partial charge on any atom is 0.339 e. The standard InChI is InChI=1S/C23H19BrCl2N2O5S/c1-3-32-21-11-15(13-27-28-23(29)18-9-6-16(25)12-20(18)26)10-19(24)22(21)33-34(30,31)17-7-4-14(2)5-8-17/h4-13H,3H2,1-2H3,(H,28,29). The number of nitrogens with zero attached hydrogens (tertiary/aromatic N) is 1. The van der Waals surface area contributed by atoms with Gasteiger partial charge >= 0.3 is 10.1 Å². The summed E-state index contributed by atoms with van der Waals surface area (Å²) in [5, 5.41) is 4.53. The number of carbonyl (C=O) groups is 1. The lowest BCUT2D eigenvalue weighted by Crippen LogP contribution is -2.18. The van der Waals surface area contributed by atoms with Crippen LogP contribution in [0.1, 0.15) is 28.4 Å². The molecule has 7 nitrogen and oxygen atoms in total. The minimum atomic E-state index is -4.09. The Morgan fingerprint density at radius 1 is 1.12 bits per heavy atom. The lowest BCUT2D eigenvalue weighted by atomic mass is 10.2. The van der Waals surface area contributed by atoms with Gasteiger partial charge in [0.15, 0.2) is 11.5 Å². The van der Waals surface area contributed by atoms with E-state index < -0.39 is 16.0 Å². The van der Waals surface area contributed by atoms with E-state index >= 15 is 0 Å². The summed E-state index contributed by atoms with van der Waals surface area (Å²) in [6.07, 6.45) is 1.37. The number of nitrogens with one attached hydrogen (secondary N) is 1. The molecule has 3 aromatic rings. The number of amides is 1. The first-order valence-electron chi connectivity index (χ1n) is 9.86. The van der Waals surface area contributed by atoms with Gasteiger partial charge in [0, 0.05) is 5.02 Å². The fourth-order valence-electron chi connectivity index (χ4n) is 2.77. The molecule has 1 amide bonds. The molecular weight excluding hydrogens is 567 g/mol. The molecule has 0 unspecified atom stereocenters. The number of aryl methyl sites for hydroxylation is 1. The molecule has 0 saturated heterocycles. The van der Waals surface area contributed by atoms with Crippen LogP contribution in [0.25, 0.3) is 0 Å². The van der Waals surface area contributed by atoms with E-state index in [-0.39, 0.29) is 33.6 Å². The van der Waals surface area contributed by atoms with E-state index in [0.29, 0.717) is 15.1 Å². The van der Waals surface area contributed by atoms with Crippen LogP contribution in [0, 0.1) is 6.92 Å². The monoisotopic (exact) mass is 584 g/mol. The van der Waals surface area contributed by atoms with Crippen molar-refractivity contribution in [3.05, 3.63) is 85.8 Å². The number of hydrogen-bond acceptors (Lipinski definition) is 6. The van der Waals surface area contributed by atoms with Crippen LogP contribution in [0.2, 0.25) is 10.0 Å². The van der Waals surface area contributed by atoms with Crippen LogP contribution in [0.4, 0.5) is 0 Å². The van der Waals surface area contributed by atoms with Crippen molar-refractivity contribution in [1.82, 2.24) is 5.43 Å². The summed E-state index contributed by atoms with van der Waals surface area (Å²) in [4.78, 5) is 12.3. The predicted molar refractivity (Wildman–Crippen MR) is 136 cm³/mol. The second-order valence-electron chi connectivity index (χ2n) is 6.94. The zero-order valence-electron chi connectivity index (χ0n) is 18.0. The first-order valence-corrected chi connectivity index (χ1v) is 12.8. The fourth-order valence-corrected chi connectivity index (χ4v) is 4.87. The molecule has 0 fully saturated rings. The Hall–Kier alpha value is -2.59. The third-order valence-electron chi connectivity index (χ3n) is 4.39. The Morgan fingerprint density at radius 3 is 2.47 bits per heavy atom. The molecule has 0 radical (unpaired) electrons. The quantitative estimate of drug-likeness (QED) is 0.199. The van der Waals surface area contributed by atoms with Crippen LogP contribution in [-0.2, 0) is 10.1 Å². The van der Waals surface area contributed by atoms with Gasteiger partial charge in [-0.05, 0) is 77.8 Å². The molecule has 11 heteroatoms. The maximum absolute atomic E-state index is 12.7. The van der Waals surface area contributed by atoms with E-state index in [1.54, 1.807) is 37.3 Å². The highest BCUT2D eigenvalue weighted by molar-refractivity contribution is 9.10. The summed E-state index contributed by atoms with van der Waals surface area (Å²) >= 11 is 15.2. The zero-order chi connectivity index (χ0) is 24.9. The smallest absolute Gasteiger partial charge is 0.339 e. The average molecular weight is 586 g/mol. The largest absolute Gasteiger partial charge is 0.490 e. The van der Waals surface area contributed by atoms with Gasteiger partial charge in [-0.2, -0.15) is 13.5 Å². The van der Waals surface area contributed by atoms with E-state index in [1.807, 2.05) is 6.92 Å². The highest BCUT2D eigenvalue weighted by Crippen LogP contribution is 2.38. The zero-order valence-corrected chi connectivity index (χ0v) is 21.9. The second-order valence-corrected chi connectivity index (χ2v) is 10.2. The Morgan fingerprint density at radius 2 is 1.82 bits per heavy atom. The number of ether oxygens (including phenoxy) is 1. The lowest BCUT2D eigenvalue weighted by molar-refractivity contribution is 0.0955. The lowest BCUT2D eigenvalue weighted by Gasteiger charge is -2.14. The normalized spacial score (nSPS) is 11.4. The van der Waals surface area contributed by atoms with Gasteiger partial charge in [-0.1, -0.05) is 40.9 Å². The summed E-state index contributed by atoms with van der Waals surface area (Å²) in [5.74, 6) is -0.344. The molecule has 0 heterocycles. The summed E-state index contributed by atoms with van der Waals surface area (Å²) < 4.78 is 36.8. The van der Waals surface area contributed by atoms with Gasteiger partial charge in [0.1, 0.15) is 4.90 Å². The van der Waals surface area contributed by atoms with Gasteiger partial charge in [-0.15, -0.1) is 0 Å². The van der Waals surface area contributed by atoms with Gasteiger partial charge < -0.3 is 8.92 Å². The van der Waals surface area contributed by atoms with Crippen molar-refractivity contribution in [2.75, 3.05) is 6.61 Å². The van der Waals surface area contributed by atoms with Crippen molar-refractivity contribution < 1.29 is 22.1 Å². The van der Waals surface area contributed by atoms with Crippen molar-refractivity contribution >= 4 is 61.4 Å².